The quantitative estimate of drug-likeness (QED) is 0.408. The van der Waals surface area contributed by atoms with E-state index in [1.807, 2.05) is 0 Å². The molecule has 1 aromatic rings. The lowest BCUT2D eigenvalue weighted by Crippen LogP contribution is -2.25. The summed E-state index contributed by atoms with van der Waals surface area (Å²) in [6.45, 7) is 3.11. The van der Waals surface area contributed by atoms with Crippen LogP contribution in [-0.2, 0) is 4.79 Å². The van der Waals surface area contributed by atoms with Gasteiger partial charge in [0.25, 0.3) is 5.69 Å². The van der Waals surface area contributed by atoms with Crippen LogP contribution in [0.2, 0.25) is 0 Å². The van der Waals surface area contributed by atoms with Crippen LogP contribution in [0.4, 0.5) is 5.69 Å². The fourth-order valence-electron chi connectivity index (χ4n) is 1.79. The van der Waals surface area contributed by atoms with E-state index in [0.717, 1.165) is 12.8 Å². The summed E-state index contributed by atoms with van der Waals surface area (Å²) in [4.78, 5) is 21.6. The fraction of sp³-hybridized carbons (Fsp3) is 0.533. The molecule has 1 rings (SSSR count). The zero-order valence-corrected chi connectivity index (χ0v) is 12.3. The van der Waals surface area contributed by atoms with Crippen LogP contribution in [0.15, 0.2) is 24.3 Å². The zero-order chi connectivity index (χ0) is 15.5. The molecule has 21 heavy (non-hydrogen) atoms. The van der Waals surface area contributed by atoms with E-state index in [-0.39, 0.29) is 24.6 Å². The van der Waals surface area contributed by atoms with E-state index in [0.29, 0.717) is 12.3 Å². The molecule has 0 aliphatic heterocycles. The average molecular weight is 294 g/mol. The second-order valence-corrected chi connectivity index (χ2v) is 4.76. The van der Waals surface area contributed by atoms with Gasteiger partial charge in [0.2, 0.25) is 5.91 Å². The second kappa shape index (κ2) is 9.74. The first kappa shape index (κ1) is 16.9. The Morgan fingerprint density at radius 2 is 1.95 bits per heavy atom. The topological polar surface area (TPSA) is 81.5 Å². The maximum absolute atomic E-state index is 11.5. The Morgan fingerprint density at radius 3 is 2.57 bits per heavy atom. The number of unbranched alkanes of at least 4 members (excludes halogenated alkanes) is 3. The number of rotatable bonds is 10. The third-order valence-corrected chi connectivity index (χ3v) is 3.00. The Kier molecular flexibility index (Phi) is 7.86. The highest BCUT2D eigenvalue weighted by Gasteiger charge is 2.05. The van der Waals surface area contributed by atoms with Crippen molar-refractivity contribution >= 4 is 11.6 Å². The van der Waals surface area contributed by atoms with Gasteiger partial charge in [-0.1, -0.05) is 26.2 Å². The molecule has 6 heteroatoms. The van der Waals surface area contributed by atoms with E-state index >= 15 is 0 Å². The lowest BCUT2D eigenvalue weighted by Gasteiger charge is -2.07. The fourth-order valence-corrected chi connectivity index (χ4v) is 1.79. The molecule has 0 spiro atoms. The number of nitro benzene ring substituents is 1. The van der Waals surface area contributed by atoms with Crippen LogP contribution in [0, 0.1) is 10.1 Å². The summed E-state index contributed by atoms with van der Waals surface area (Å²) in [7, 11) is 0. The van der Waals surface area contributed by atoms with E-state index < -0.39 is 4.92 Å². The van der Waals surface area contributed by atoms with Crippen molar-refractivity contribution in [3.05, 3.63) is 34.4 Å². The highest BCUT2D eigenvalue weighted by molar-refractivity contribution is 5.75. The van der Waals surface area contributed by atoms with Crippen molar-refractivity contribution in [3.63, 3.8) is 0 Å². The number of nitrogens with one attached hydrogen (secondary N) is 1. The largest absolute Gasteiger partial charge is 0.493 e. The van der Waals surface area contributed by atoms with Gasteiger partial charge in [-0.2, -0.15) is 0 Å². The van der Waals surface area contributed by atoms with Crippen LogP contribution in [0.1, 0.15) is 39.0 Å². The van der Waals surface area contributed by atoms with Crippen molar-refractivity contribution < 1.29 is 14.5 Å². The van der Waals surface area contributed by atoms with Crippen molar-refractivity contribution in [1.29, 1.82) is 0 Å². The van der Waals surface area contributed by atoms with Crippen molar-refractivity contribution in [2.45, 2.75) is 39.0 Å². The Bertz CT molecular complexity index is 445. The van der Waals surface area contributed by atoms with Crippen molar-refractivity contribution in [1.82, 2.24) is 5.32 Å². The average Bonchev–Trinajstić information content (AvgIpc) is 2.47. The predicted molar refractivity (Wildman–Crippen MR) is 80.4 cm³/mol. The van der Waals surface area contributed by atoms with E-state index in [9.17, 15) is 14.9 Å². The molecule has 0 aromatic heterocycles. The first-order valence-corrected chi connectivity index (χ1v) is 7.27. The first-order chi connectivity index (χ1) is 10.1. The highest BCUT2D eigenvalue weighted by Crippen LogP contribution is 2.17. The van der Waals surface area contributed by atoms with E-state index in [1.54, 1.807) is 0 Å². The maximum atomic E-state index is 11.5. The van der Waals surface area contributed by atoms with Crippen LogP contribution < -0.4 is 10.1 Å². The predicted octanol–water partition coefficient (Wildman–Crippen LogP) is 3.06. The number of non-ortho nitro benzene ring substituents is 1. The monoisotopic (exact) mass is 294 g/mol. The van der Waals surface area contributed by atoms with E-state index in [1.165, 1.54) is 37.1 Å². The summed E-state index contributed by atoms with van der Waals surface area (Å²) in [6.07, 6.45) is 4.79. The number of hydrogen-bond acceptors (Lipinski definition) is 4. The standard InChI is InChI=1S/C15H22N2O4/c1-2-3-4-5-11-16-15(18)10-12-21-14-8-6-13(7-9-14)17(19)20/h6-9H,2-5,10-12H2,1H3,(H,16,18). The molecule has 1 aromatic carbocycles. The number of ether oxygens (including phenoxy) is 1. The van der Waals surface area contributed by atoms with Crippen LogP contribution in [-0.4, -0.2) is 24.0 Å². The highest BCUT2D eigenvalue weighted by atomic mass is 16.6. The first-order valence-electron chi connectivity index (χ1n) is 7.27. The molecule has 0 aliphatic carbocycles. The third-order valence-electron chi connectivity index (χ3n) is 3.00. The lowest BCUT2D eigenvalue weighted by atomic mass is 10.2. The molecular formula is C15H22N2O4. The molecule has 0 heterocycles. The summed E-state index contributed by atoms with van der Waals surface area (Å²) >= 11 is 0. The van der Waals surface area contributed by atoms with Gasteiger partial charge in [-0.05, 0) is 18.6 Å². The molecule has 1 N–H and O–H groups in total. The molecule has 0 radical (unpaired) electrons. The summed E-state index contributed by atoms with van der Waals surface area (Å²) in [5, 5.41) is 13.3. The summed E-state index contributed by atoms with van der Waals surface area (Å²) in [5.74, 6) is 0.491. The molecule has 0 saturated heterocycles. The zero-order valence-electron chi connectivity index (χ0n) is 12.3. The maximum Gasteiger partial charge on any atom is 0.269 e. The van der Waals surface area contributed by atoms with Crippen molar-refractivity contribution in [2.75, 3.05) is 13.2 Å². The van der Waals surface area contributed by atoms with E-state index in [4.69, 9.17) is 4.74 Å². The number of nitro groups is 1. The number of benzene rings is 1. The van der Waals surface area contributed by atoms with Crippen LogP contribution in [0.5, 0.6) is 5.75 Å². The molecule has 0 fully saturated rings. The Hall–Kier alpha value is -2.11. The molecule has 0 aliphatic rings. The minimum atomic E-state index is -0.463. The van der Waals surface area contributed by atoms with Gasteiger partial charge in [-0.15, -0.1) is 0 Å². The molecule has 0 bridgehead atoms. The minimum Gasteiger partial charge on any atom is -0.493 e. The van der Waals surface area contributed by atoms with Gasteiger partial charge in [0.05, 0.1) is 18.0 Å². The Balaban J connectivity index is 2.15. The number of nitrogens with zero attached hydrogens (tertiary/aromatic N) is 1. The number of hydrogen-bond donors (Lipinski definition) is 1. The Morgan fingerprint density at radius 1 is 1.24 bits per heavy atom. The summed E-state index contributed by atoms with van der Waals surface area (Å²) in [5.41, 5.74) is 0.0205. The van der Waals surface area contributed by atoms with Crippen molar-refractivity contribution in [3.8, 4) is 5.75 Å². The van der Waals surface area contributed by atoms with Gasteiger partial charge in [0.15, 0.2) is 0 Å². The van der Waals surface area contributed by atoms with Crippen LogP contribution in [0.25, 0.3) is 0 Å². The molecule has 0 saturated carbocycles. The SMILES string of the molecule is CCCCCCNC(=O)CCOc1ccc([N+](=O)[O-])cc1. The number of amides is 1. The summed E-state index contributed by atoms with van der Waals surface area (Å²) < 4.78 is 5.37. The lowest BCUT2D eigenvalue weighted by molar-refractivity contribution is -0.384. The molecule has 6 nitrogen and oxygen atoms in total. The van der Waals surface area contributed by atoms with E-state index in [2.05, 4.69) is 12.2 Å². The number of carbonyl (C=O) groups is 1. The van der Waals surface area contributed by atoms with Gasteiger partial charge in [-0.25, -0.2) is 0 Å². The van der Waals surface area contributed by atoms with Gasteiger partial charge in [0, 0.05) is 18.7 Å². The third kappa shape index (κ3) is 7.29. The van der Waals surface area contributed by atoms with Gasteiger partial charge < -0.3 is 10.1 Å². The van der Waals surface area contributed by atoms with Gasteiger partial charge >= 0.3 is 0 Å². The van der Waals surface area contributed by atoms with Crippen LogP contribution in [0.3, 0.4) is 0 Å². The van der Waals surface area contributed by atoms with Gasteiger partial charge in [-0.3, -0.25) is 14.9 Å². The molecular weight excluding hydrogens is 272 g/mol. The Labute approximate surface area is 124 Å². The van der Waals surface area contributed by atoms with Crippen molar-refractivity contribution in [2.24, 2.45) is 0 Å². The minimum absolute atomic E-state index is 0.0205. The molecule has 1 amide bonds. The normalized spacial score (nSPS) is 10.1. The van der Waals surface area contributed by atoms with Gasteiger partial charge in [0.1, 0.15) is 5.75 Å². The molecule has 0 atom stereocenters. The summed E-state index contributed by atoms with van der Waals surface area (Å²) in [6, 6.07) is 5.81. The van der Waals surface area contributed by atoms with Crippen LogP contribution >= 0.6 is 0 Å². The number of carbonyl (C=O) groups excluding carboxylic acids is 1. The molecule has 116 valence electrons. The smallest absolute Gasteiger partial charge is 0.269 e. The molecule has 0 unspecified atom stereocenters. The second-order valence-electron chi connectivity index (χ2n) is 4.76.